The number of nitrogens with one attached hydrogen (secondary N) is 1. The van der Waals surface area contributed by atoms with Gasteiger partial charge in [0.25, 0.3) is 0 Å². The largest absolute Gasteiger partial charge is 0.382 e. The molecule has 4 rings (SSSR count). The molecule has 3 N–H and O–H groups in total. The molecule has 3 aromatic rings. The first kappa shape index (κ1) is 10.8. The van der Waals surface area contributed by atoms with Crippen molar-refractivity contribution in [1.29, 1.82) is 0 Å². The maximum Gasteiger partial charge on any atom is 0.152 e. The number of anilines is 1. The van der Waals surface area contributed by atoms with E-state index in [0.29, 0.717) is 5.82 Å². The molecule has 5 heteroatoms. The van der Waals surface area contributed by atoms with Gasteiger partial charge in [-0.15, -0.1) is 0 Å². The van der Waals surface area contributed by atoms with Crippen LogP contribution < -0.4 is 11.1 Å². The monoisotopic (exact) mass is 253 g/mol. The highest BCUT2D eigenvalue weighted by atomic mass is 15.1. The van der Waals surface area contributed by atoms with E-state index < -0.39 is 0 Å². The summed E-state index contributed by atoms with van der Waals surface area (Å²) in [6.45, 7) is 2.86. The zero-order valence-electron chi connectivity index (χ0n) is 10.6. The maximum absolute atomic E-state index is 6.07. The van der Waals surface area contributed by atoms with Gasteiger partial charge in [-0.05, 0) is 6.07 Å². The fourth-order valence-electron chi connectivity index (χ4n) is 2.85. The third-order valence-electron chi connectivity index (χ3n) is 3.73. The molecule has 0 fully saturated rings. The molecule has 2 aromatic heterocycles. The average molecular weight is 253 g/mol. The van der Waals surface area contributed by atoms with Crippen LogP contribution in [0.1, 0.15) is 5.82 Å². The first-order valence-electron chi connectivity index (χ1n) is 6.58. The Morgan fingerprint density at radius 2 is 2.05 bits per heavy atom. The zero-order valence-corrected chi connectivity index (χ0v) is 10.6. The van der Waals surface area contributed by atoms with Crippen molar-refractivity contribution in [3.05, 3.63) is 30.1 Å². The van der Waals surface area contributed by atoms with Gasteiger partial charge in [-0.3, -0.25) is 0 Å². The lowest BCUT2D eigenvalue weighted by molar-refractivity contribution is 0.658. The lowest BCUT2D eigenvalue weighted by Gasteiger charge is -2.07. The molecule has 3 heterocycles. The molecule has 1 aliphatic heterocycles. The molecule has 0 atom stereocenters. The molecule has 0 radical (unpaired) electrons. The van der Waals surface area contributed by atoms with Crippen molar-refractivity contribution in [2.45, 2.75) is 13.0 Å². The van der Waals surface area contributed by atoms with Gasteiger partial charge >= 0.3 is 0 Å². The number of nitrogen functional groups attached to an aromatic ring is 1. The first-order chi connectivity index (χ1) is 9.34. The molecule has 0 unspecified atom stereocenters. The van der Waals surface area contributed by atoms with Crippen LogP contribution >= 0.6 is 0 Å². The minimum Gasteiger partial charge on any atom is -0.382 e. The van der Waals surface area contributed by atoms with Crippen molar-refractivity contribution in [1.82, 2.24) is 19.9 Å². The molecule has 1 aromatic carbocycles. The van der Waals surface area contributed by atoms with Gasteiger partial charge < -0.3 is 15.6 Å². The Balaban J connectivity index is 2.17. The van der Waals surface area contributed by atoms with Crippen LogP contribution in [0.15, 0.2) is 24.3 Å². The fourth-order valence-corrected chi connectivity index (χ4v) is 2.85. The fraction of sp³-hybridized carbons (Fsp3) is 0.286. The standard InChI is InChI=1S/C14H15N5/c15-14-12-13(9-3-1-2-4-10(9)17-14)19-8-7-16-6-5-11(19)18-12/h1-4,16H,5-8H2,(H2,15,17). The van der Waals surface area contributed by atoms with E-state index in [-0.39, 0.29) is 0 Å². The van der Waals surface area contributed by atoms with Crippen LogP contribution in [0.5, 0.6) is 0 Å². The van der Waals surface area contributed by atoms with E-state index in [1.807, 2.05) is 18.2 Å². The predicted octanol–water partition coefficient (Wildman–Crippen LogP) is 1.31. The third-order valence-corrected chi connectivity index (χ3v) is 3.73. The normalized spacial score (nSPS) is 15.6. The molecular formula is C14H15N5. The minimum absolute atomic E-state index is 0.530. The van der Waals surface area contributed by atoms with Gasteiger partial charge in [0, 0.05) is 31.4 Å². The second-order valence-corrected chi connectivity index (χ2v) is 4.89. The highest BCUT2D eigenvalue weighted by Crippen LogP contribution is 2.29. The molecule has 19 heavy (non-hydrogen) atoms. The van der Waals surface area contributed by atoms with Gasteiger partial charge in [-0.25, -0.2) is 9.97 Å². The summed E-state index contributed by atoms with van der Waals surface area (Å²) in [4.78, 5) is 9.16. The maximum atomic E-state index is 6.07. The van der Waals surface area contributed by atoms with Crippen molar-refractivity contribution in [3.63, 3.8) is 0 Å². The Labute approximate surface area is 110 Å². The van der Waals surface area contributed by atoms with Crippen molar-refractivity contribution < 1.29 is 0 Å². The molecule has 0 bridgehead atoms. The number of imidazole rings is 1. The highest BCUT2D eigenvalue weighted by molar-refractivity contribution is 6.06. The van der Waals surface area contributed by atoms with Gasteiger partial charge in [0.05, 0.1) is 11.0 Å². The Morgan fingerprint density at radius 3 is 3.00 bits per heavy atom. The number of para-hydroxylation sites is 1. The van der Waals surface area contributed by atoms with Crippen molar-refractivity contribution >= 4 is 27.8 Å². The summed E-state index contributed by atoms with van der Waals surface area (Å²) < 4.78 is 2.29. The molecule has 1 aliphatic rings. The molecule has 0 saturated heterocycles. The number of rotatable bonds is 0. The Bertz CT molecular complexity index is 774. The van der Waals surface area contributed by atoms with Gasteiger partial charge in [0.2, 0.25) is 0 Å². The van der Waals surface area contributed by atoms with Crippen LogP contribution in [0, 0.1) is 0 Å². The van der Waals surface area contributed by atoms with Gasteiger partial charge in [0.15, 0.2) is 5.82 Å². The van der Waals surface area contributed by atoms with Gasteiger partial charge in [0.1, 0.15) is 11.3 Å². The highest BCUT2D eigenvalue weighted by Gasteiger charge is 2.17. The second-order valence-electron chi connectivity index (χ2n) is 4.89. The van der Waals surface area contributed by atoms with Crippen LogP contribution in [0.25, 0.3) is 21.9 Å². The van der Waals surface area contributed by atoms with E-state index in [4.69, 9.17) is 10.7 Å². The minimum atomic E-state index is 0.530. The summed E-state index contributed by atoms with van der Waals surface area (Å²) in [6, 6.07) is 8.12. The number of benzene rings is 1. The number of fused-ring (bicyclic) bond motifs is 5. The number of pyridine rings is 1. The van der Waals surface area contributed by atoms with Crippen LogP contribution in [-0.4, -0.2) is 27.6 Å². The van der Waals surface area contributed by atoms with E-state index in [2.05, 4.69) is 20.9 Å². The summed E-state index contributed by atoms with van der Waals surface area (Å²) >= 11 is 0. The topological polar surface area (TPSA) is 68.8 Å². The van der Waals surface area contributed by atoms with Gasteiger partial charge in [-0.2, -0.15) is 0 Å². The number of nitrogens with two attached hydrogens (primary N) is 1. The molecular weight excluding hydrogens is 238 g/mol. The van der Waals surface area contributed by atoms with E-state index in [1.165, 1.54) is 0 Å². The zero-order chi connectivity index (χ0) is 12.8. The average Bonchev–Trinajstić information content (AvgIpc) is 2.64. The van der Waals surface area contributed by atoms with E-state index >= 15 is 0 Å². The van der Waals surface area contributed by atoms with E-state index in [1.54, 1.807) is 0 Å². The third kappa shape index (κ3) is 1.51. The van der Waals surface area contributed by atoms with Crippen LogP contribution in [-0.2, 0) is 13.0 Å². The van der Waals surface area contributed by atoms with Crippen molar-refractivity contribution in [2.24, 2.45) is 0 Å². The smallest absolute Gasteiger partial charge is 0.152 e. The summed E-state index contributed by atoms with van der Waals surface area (Å²) in [5.74, 6) is 1.63. The summed E-state index contributed by atoms with van der Waals surface area (Å²) in [5.41, 5.74) is 8.98. The molecule has 0 aliphatic carbocycles. The number of aromatic nitrogens is 3. The van der Waals surface area contributed by atoms with E-state index in [0.717, 1.165) is 53.8 Å². The molecule has 0 spiro atoms. The quantitative estimate of drug-likeness (QED) is 0.634. The number of nitrogens with zero attached hydrogens (tertiary/aromatic N) is 3. The molecule has 5 nitrogen and oxygen atoms in total. The lowest BCUT2D eigenvalue weighted by atomic mass is 10.2. The van der Waals surface area contributed by atoms with Crippen molar-refractivity contribution in [3.8, 4) is 0 Å². The van der Waals surface area contributed by atoms with Crippen LogP contribution in [0.4, 0.5) is 5.82 Å². The Kier molecular flexibility index (Phi) is 2.22. The first-order valence-corrected chi connectivity index (χ1v) is 6.58. The summed E-state index contributed by atoms with van der Waals surface area (Å²) in [6.07, 6.45) is 0.933. The Hall–Kier alpha value is -2.14. The Morgan fingerprint density at radius 1 is 1.16 bits per heavy atom. The molecule has 0 amide bonds. The number of hydrogen-bond donors (Lipinski definition) is 2. The summed E-state index contributed by atoms with van der Waals surface area (Å²) in [7, 11) is 0. The van der Waals surface area contributed by atoms with E-state index in [9.17, 15) is 0 Å². The summed E-state index contributed by atoms with van der Waals surface area (Å²) in [5, 5.41) is 4.53. The van der Waals surface area contributed by atoms with Gasteiger partial charge in [-0.1, -0.05) is 18.2 Å². The second kappa shape index (κ2) is 3.93. The van der Waals surface area contributed by atoms with Crippen molar-refractivity contribution in [2.75, 3.05) is 18.8 Å². The van der Waals surface area contributed by atoms with Crippen LogP contribution in [0.2, 0.25) is 0 Å². The molecule has 96 valence electrons. The lowest BCUT2D eigenvalue weighted by Crippen LogP contribution is -2.17. The molecule has 0 saturated carbocycles. The SMILES string of the molecule is Nc1nc2ccccc2c2c1nc1n2CCNCC1. The van der Waals surface area contributed by atoms with Crippen LogP contribution in [0.3, 0.4) is 0 Å². The predicted molar refractivity (Wildman–Crippen MR) is 76.0 cm³/mol. The number of hydrogen-bond acceptors (Lipinski definition) is 4.